The Bertz CT molecular complexity index is 1250. The van der Waals surface area contributed by atoms with E-state index in [1.807, 2.05) is 49.4 Å². The number of carbonyl (C=O) groups excluding carboxylic acids is 1. The number of aryl methyl sites for hydroxylation is 1. The van der Waals surface area contributed by atoms with E-state index in [0.717, 1.165) is 39.2 Å². The zero-order valence-corrected chi connectivity index (χ0v) is 16.8. The number of fused-ring (bicyclic) bond motifs is 2. The number of H-pyrrole nitrogens is 1. The number of allylic oxidation sites excluding steroid dienone is 1. The molecule has 0 spiro atoms. The van der Waals surface area contributed by atoms with Gasteiger partial charge in [0, 0.05) is 37.3 Å². The molecule has 0 saturated carbocycles. The summed E-state index contributed by atoms with van der Waals surface area (Å²) in [6, 6.07) is 14.5. The Morgan fingerprint density at radius 3 is 3.00 bits per heavy atom. The molecule has 0 unspecified atom stereocenters. The van der Waals surface area contributed by atoms with Crippen LogP contribution in [0.4, 0.5) is 5.82 Å². The quantitative estimate of drug-likeness (QED) is 0.320. The van der Waals surface area contributed by atoms with Gasteiger partial charge in [0.15, 0.2) is 5.78 Å². The van der Waals surface area contributed by atoms with Gasteiger partial charge < -0.3 is 10.7 Å². The molecule has 7 heteroatoms. The average molecular weight is 522 g/mol. The van der Waals surface area contributed by atoms with Crippen LogP contribution in [0.25, 0.3) is 22.8 Å². The number of nitrogens with one attached hydrogen (secondary N) is 1. The minimum absolute atomic E-state index is 0. The Morgan fingerprint density at radius 1 is 1.32 bits per heavy atom. The molecule has 5 rings (SSSR count). The molecule has 0 radical (unpaired) electrons. The molecule has 0 saturated heterocycles. The summed E-state index contributed by atoms with van der Waals surface area (Å²) in [5, 5.41) is 4.34. The fourth-order valence-electron chi connectivity index (χ4n) is 3.53. The zero-order chi connectivity index (χ0) is 18.5. The van der Waals surface area contributed by atoms with Crippen molar-refractivity contribution < 1.29 is 42.1 Å². The number of aromatic amines is 1. The predicted molar refractivity (Wildman–Crippen MR) is 104 cm³/mol. The number of anilines is 1. The first kappa shape index (κ1) is 18.9. The number of hydrogen-bond acceptors (Lipinski definition) is 4. The standard InChI is InChI=1S/C21H16N5O.Er/c1-12-24-18-7-6-16(10-19(18)25-12)26-21(22)17(11-23-26)20(27)15-8-13-4-2-3-5-14(13)9-15;/h2,4-8,10-11H,9,22H2,1H3,(H,24,25);/q-1;. The van der Waals surface area contributed by atoms with Crippen molar-refractivity contribution in [3.8, 4) is 5.69 Å². The van der Waals surface area contributed by atoms with Gasteiger partial charge >= 0.3 is 0 Å². The number of hydrogen-bond donors (Lipinski definition) is 2. The van der Waals surface area contributed by atoms with Crippen molar-refractivity contribution in [2.24, 2.45) is 0 Å². The van der Waals surface area contributed by atoms with Crippen LogP contribution >= 0.6 is 0 Å². The maximum Gasteiger partial charge on any atom is 0.193 e. The number of aromatic nitrogens is 4. The monoisotopic (exact) mass is 520 g/mol. The molecule has 1 aliphatic carbocycles. The molecule has 28 heavy (non-hydrogen) atoms. The number of Topliss-reactive ketones (excluding diaryl/α,β-unsaturated/α-hetero) is 1. The maximum absolute atomic E-state index is 13.0. The topological polar surface area (TPSA) is 89.6 Å². The van der Waals surface area contributed by atoms with Crippen molar-refractivity contribution in [3.05, 3.63) is 76.7 Å². The molecule has 0 aliphatic heterocycles. The summed E-state index contributed by atoms with van der Waals surface area (Å²) in [4.78, 5) is 20.6. The van der Waals surface area contributed by atoms with Crippen LogP contribution in [-0.2, 0) is 6.42 Å². The minimum Gasteiger partial charge on any atom is -0.383 e. The first-order valence-electron chi connectivity index (χ1n) is 8.64. The fraction of sp³-hybridized carbons (Fsp3) is 0.0952. The summed E-state index contributed by atoms with van der Waals surface area (Å²) in [5.74, 6) is 1.09. The summed E-state index contributed by atoms with van der Waals surface area (Å²) >= 11 is 0. The molecule has 6 nitrogen and oxygen atoms in total. The van der Waals surface area contributed by atoms with E-state index in [-0.39, 0.29) is 43.1 Å². The molecule has 1 aliphatic rings. The first-order valence-corrected chi connectivity index (χ1v) is 8.64. The molecule has 2 aromatic heterocycles. The van der Waals surface area contributed by atoms with Gasteiger partial charge in [0.1, 0.15) is 11.6 Å². The van der Waals surface area contributed by atoms with Gasteiger partial charge in [-0.3, -0.25) is 4.79 Å². The van der Waals surface area contributed by atoms with Crippen molar-refractivity contribution in [1.82, 2.24) is 19.7 Å². The molecule has 0 amide bonds. The summed E-state index contributed by atoms with van der Waals surface area (Å²) in [6.07, 6.45) is 4.05. The number of carbonyl (C=O) groups is 1. The van der Waals surface area contributed by atoms with E-state index < -0.39 is 0 Å². The molecule has 4 aromatic rings. The third-order valence-corrected chi connectivity index (χ3v) is 4.87. The van der Waals surface area contributed by atoms with Crippen molar-refractivity contribution in [2.45, 2.75) is 13.3 Å². The molecular weight excluding hydrogens is 506 g/mol. The molecule has 0 bridgehead atoms. The summed E-state index contributed by atoms with van der Waals surface area (Å²) in [5.41, 5.74) is 12.1. The number of rotatable bonds is 3. The van der Waals surface area contributed by atoms with Crippen LogP contribution in [-0.4, -0.2) is 25.5 Å². The van der Waals surface area contributed by atoms with E-state index in [4.69, 9.17) is 5.73 Å². The molecule has 144 valence electrons. The summed E-state index contributed by atoms with van der Waals surface area (Å²) < 4.78 is 1.58. The normalized spacial score (nSPS) is 12.5. The van der Waals surface area contributed by atoms with E-state index >= 15 is 0 Å². The SMILES string of the molecule is Cc1nc2ccc(-n3ncc(C(=O)C4=Cc5cc[c-]cc5C4)c3N)cc2[nH]1.[Er]. The Kier molecular flexibility index (Phi) is 4.86. The first-order chi connectivity index (χ1) is 13.1. The van der Waals surface area contributed by atoms with Crippen LogP contribution in [0.15, 0.2) is 48.2 Å². The van der Waals surface area contributed by atoms with Crippen LogP contribution in [0.2, 0.25) is 0 Å². The van der Waals surface area contributed by atoms with E-state index in [9.17, 15) is 4.79 Å². The summed E-state index contributed by atoms with van der Waals surface area (Å²) in [7, 11) is 0. The Hall–Kier alpha value is -2.42. The minimum atomic E-state index is -0.0894. The van der Waals surface area contributed by atoms with Gasteiger partial charge in [0.05, 0.1) is 28.5 Å². The Morgan fingerprint density at radius 2 is 2.18 bits per heavy atom. The average Bonchev–Trinajstić information content (AvgIpc) is 3.35. The van der Waals surface area contributed by atoms with Gasteiger partial charge in [-0.05, 0) is 37.1 Å². The second-order valence-corrected chi connectivity index (χ2v) is 6.68. The predicted octanol–water partition coefficient (Wildman–Crippen LogP) is 3.26. The second-order valence-electron chi connectivity index (χ2n) is 6.68. The largest absolute Gasteiger partial charge is 0.383 e. The van der Waals surface area contributed by atoms with Gasteiger partial charge in [0.25, 0.3) is 0 Å². The molecular formula is C21H16ErN5O-. The number of nitrogen functional groups attached to an aromatic ring is 1. The second kappa shape index (κ2) is 7.19. The van der Waals surface area contributed by atoms with E-state index in [2.05, 4.69) is 21.1 Å². The molecule has 0 fully saturated rings. The van der Waals surface area contributed by atoms with Crippen LogP contribution in [0.5, 0.6) is 0 Å². The number of benzene rings is 2. The zero-order valence-electron chi connectivity index (χ0n) is 14.9. The van der Waals surface area contributed by atoms with Gasteiger partial charge in [-0.2, -0.15) is 29.4 Å². The van der Waals surface area contributed by atoms with Crippen molar-refractivity contribution >= 4 is 28.7 Å². The molecule has 2 heterocycles. The van der Waals surface area contributed by atoms with Crippen molar-refractivity contribution in [1.29, 1.82) is 0 Å². The fourth-order valence-corrected chi connectivity index (χ4v) is 3.53. The van der Waals surface area contributed by atoms with Gasteiger partial charge in [-0.25, -0.2) is 9.67 Å². The van der Waals surface area contributed by atoms with Gasteiger partial charge in [0.2, 0.25) is 0 Å². The van der Waals surface area contributed by atoms with Gasteiger partial charge in [-0.1, -0.05) is 6.08 Å². The van der Waals surface area contributed by atoms with E-state index in [0.29, 0.717) is 17.8 Å². The number of nitrogens with two attached hydrogens (primary N) is 1. The third-order valence-electron chi connectivity index (χ3n) is 4.87. The van der Waals surface area contributed by atoms with Gasteiger partial charge in [-0.15, -0.1) is 11.1 Å². The van der Waals surface area contributed by atoms with E-state index in [1.54, 1.807) is 4.68 Å². The van der Waals surface area contributed by atoms with Crippen molar-refractivity contribution in [3.63, 3.8) is 0 Å². The van der Waals surface area contributed by atoms with Crippen LogP contribution in [0.3, 0.4) is 0 Å². The van der Waals surface area contributed by atoms with Crippen LogP contribution in [0, 0.1) is 50.3 Å². The van der Waals surface area contributed by atoms with Crippen LogP contribution in [0.1, 0.15) is 27.3 Å². The number of ketones is 1. The van der Waals surface area contributed by atoms with E-state index in [1.165, 1.54) is 6.20 Å². The number of imidazole rings is 1. The van der Waals surface area contributed by atoms with Crippen molar-refractivity contribution in [2.75, 3.05) is 5.73 Å². The number of nitrogens with zero attached hydrogens (tertiary/aromatic N) is 3. The Labute approximate surface area is 191 Å². The third kappa shape index (κ3) is 3.07. The summed E-state index contributed by atoms with van der Waals surface area (Å²) in [6.45, 7) is 1.91. The Balaban J connectivity index is 0.00000192. The molecule has 3 N–H and O–H groups in total. The maximum atomic E-state index is 13.0. The van der Waals surface area contributed by atoms with Crippen LogP contribution < -0.4 is 5.73 Å². The molecule has 2 aromatic carbocycles. The molecule has 0 atom stereocenters. The smallest absolute Gasteiger partial charge is 0.193 e.